The van der Waals surface area contributed by atoms with Gasteiger partial charge in [-0.15, -0.1) is 0 Å². The van der Waals surface area contributed by atoms with Crippen molar-refractivity contribution in [2.45, 2.75) is 64.8 Å². The topological polar surface area (TPSA) is 66.9 Å². The van der Waals surface area contributed by atoms with Crippen LogP contribution in [0, 0.1) is 11.8 Å². The Morgan fingerprint density at radius 3 is 2.66 bits per heavy atom. The molecule has 2 fully saturated rings. The second kappa shape index (κ2) is 7.60. The van der Waals surface area contributed by atoms with Crippen LogP contribution in [0.2, 0.25) is 0 Å². The van der Waals surface area contributed by atoms with E-state index in [9.17, 15) is 4.79 Å². The molecule has 32 heavy (non-hydrogen) atoms. The van der Waals surface area contributed by atoms with Gasteiger partial charge in [-0.2, -0.15) is 0 Å². The van der Waals surface area contributed by atoms with E-state index in [0.717, 1.165) is 17.4 Å². The van der Waals surface area contributed by atoms with Gasteiger partial charge in [-0.05, 0) is 69.1 Å². The third-order valence-corrected chi connectivity index (χ3v) is 7.40. The summed E-state index contributed by atoms with van der Waals surface area (Å²) in [5.41, 5.74) is 3.68. The SMILES string of the molecule is CCOC(=O)[C@H]1[C@@H]2Cc3cc(OCc4cccc(B5OC(C)(C)C(C)(C)O5)c4)ncc3[C@@H]21. The number of aromatic nitrogens is 1. The maximum Gasteiger partial charge on any atom is 0.494 e. The zero-order chi connectivity index (χ0) is 22.7. The fourth-order valence-corrected chi connectivity index (χ4v) is 4.87. The number of fused-ring (bicyclic) bond motifs is 3. The lowest BCUT2D eigenvalue weighted by atomic mass is 9.78. The van der Waals surface area contributed by atoms with Crippen LogP contribution >= 0.6 is 0 Å². The quantitative estimate of drug-likeness (QED) is 0.512. The van der Waals surface area contributed by atoms with E-state index >= 15 is 0 Å². The van der Waals surface area contributed by atoms with E-state index in [4.69, 9.17) is 18.8 Å². The Labute approximate surface area is 189 Å². The molecule has 1 aliphatic heterocycles. The van der Waals surface area contributed by atoms with Crippen molar-refractivity contribution in [2.24, 2.45) is 11.8 Å². The fourth-order valence-electron chi connectivity index (χ4n) is 4.87. The summed E-state index contributed by atoms with van der Waals surface area (Å²) >= 11 is 0. The van der Waals surface area contributed by atoms with Crippen LogP contribution in [0.5, 0.6) is 5.88 Å². The minimum atomic E-state index is -0.392. The fraction of sp³-hybridized carbons (Fsp3) is 0.520. The van der Waals surface area contributed by atoms with Gasteiger partial charge in [0.15, 0.2) is 0 Å². The smallest absolute Gasteiger partial charge is 0.473 e. The minimum Gasteiger partial charge on any atom is -0.473 e. The number of ether oxygens (including phenoxy) is 2. The number of carbonyl (C=O) groups excluding carboxylic acids is 1. The second-order valence-electron chi connectivity index (χ2n) is 10.0. The molecule has 3 atom stereocenters. The Kier molecular flexibility index (Phi) is 5.10. The van der Waals surface area contributed by atoms with Crippen molar-refractivity contribution in [1.29, 1.82) is 0 Å². The number of pyridine rings is 1. The van der Waals surface area contributed by atoms with Crippen LogP contribution < -0.4 is 10.2 Å². The molecule has 2 aromatic rings. The molecule has 3 aliphatic rings. The van der Waals surface area contributed by atoms with Crippen LogP contribution in [-0.4, -0.2) is 35.9 Å². The molecule has 0 amide bonds. The average Bonchev–Trinajstić information content (AvgIpc) is 3.25. The first kappa shape index (κ1) is 21.5. The van der Waals surface area contributed by atoms with Crippen LogP contribution in [0.25, 0.3) is 0 Å². The Bertz CT molecular complexity index is 1040. The van der Waals surface area contributed by atoms with Crippen molar-refractivity contribution < 1.29 is 23.6 Å². The highest BCUT2D eigenvalue weighted by atomic mass is 16.7. The van der Waals surface area contributed by atoms with Gasteiger partial charge < -0.3 is 18.8 Å². The number of benzene rings is 1. The molecule has 168 valence electrons. The molecule has 5 rings (SSSR count). The molecule has 6 nitrogen and oxygen atoms in total. The maximum absolute atomic E-state index is 12.1. The van der Waals surface area contributed by atoms with E-state index in [0.29, 0.717) is 25.0 Å². The van der Waals surface area contributed by atoms with Crippen molar-refractivity contribution in [2.75, 3.05) is 6.61 Å². The second-order valence-corrected chi connectivity index (χ2v) is 10.0. The third kappa shape index (κ3) is 3.61. The number of carbonyl (C=O) groups is 1. The third-order valence-electron chi connectivity index (χ3n) is 7.40. The van der Waals surface area contributed by atoms with Crippen LogP contribution in [0.1, 0.15) is 57.2 Å². The highest BCUT2D eigenvalue weighted by molar-refractivity contribution is 6.62. The molecule has 2 aliphatic carbocycles. The summed E-state index contributed by atoms with van der Waals surface area (Å²) in [4.78, 5) is 16.6. The van der Waals surface area contributed by atoms with Crippen LogP contribution in [0.15, 0.2) is 36.5 Å². The van der Waals surface area contributed by atoms with Gasteiger partial charge in [0.05, 0.1) is 23.7 Å². The van der Waals surface area contributed by atoms with Gasteiger partial charge in [-0.25, -0.2) is 4.98 Å². The van der Waals surface area contributed by atoms with Gasteiger partial charge >= 0.3 is 13.1 Å². The largest absolute Gasteiger partial charge is 0.494 e. The average molecular weight is 435 g/mol. The molecule has 1 saturated heterocycles. The Morgan fingerprint density at radius 1 is 1.19 bits per heavy atom. The van der Waals surface area contributed by atoms with Crippen LogP contribution in [0.3, 0.4) is 0 Å². The minimum absolute atomic E-state index is 0.00809. The Hall–Kier alpha value is -2.38. The highest BCUT2D eigenvalue weighted by Crippen LogP contribution is 2.61. The molecule has 7 heteroatoms. The lowest BCUT2D eigenvalue weighted by Crippen LogP contribution is -2.41. The molecule has 2 heterocycles. The Balaban J connectivity index is 1.23. The molecule has 1 aromatic carbocycles. The number of hydrogen-bond acceptors (Lipinski definition) is 6. The lowest BCUT2D eigenvalue weighted by Gasteiger charge is -2.32. The maximum atomic E-state index is 12.1. The van der Waals surface area contributed by atoms with Gasteiger partial charge in [-0.3, -0.25) is 4.79 Å². The van der Waals surface area contributed by atoms with Gasteiger partial charge in [-0.1, -0.05) is 24.3 Å². The van der Waals surface area contributed by atoms with Crippen LogP contribution in [-0.2, 0) is 31.9 Å². The van der Waals surface area contributed by atoms with Gasteiger partial charge in [0.25, 0.3) is 0 Å². The molecular weight excluding hydrogens is 405 g/mol. The van der Waals surface area contributed by atoms with Crippen LogP contribution in [0.4, 0.5) is 0 Å². The molecule has 0 bridgehead atoms. The molecule has 1 aromatic heterocycles. The Morgan fingerprint density at radius 2 is 1.94 bits per heavy atom. The summed E-state index contributed by atoms with van der Waals surface area (Å²) in [6.45, 7) is 10.9. The number of rotatable bonds is 6. The van der Waals surface area contributed by atoms with E-state index in [1.54, 1.807) is 0 Å². The summed E-state index contributed by atoms with van der Waals surface area (Å²) in [5, 5.41) is 0. The lowest BCUT2D eigenvalue weighted by molar-refractivity contribution is -0.145. The summed E-state index contributed by atoms with van der Waals surface area (Å²) in [6.07, 6.45) is 2.76. The summed E-state index contributed by atoms with van der Waals surface area (Å²) < 4.78 is 23.5. The van der Waals surface area contributed by atoms with E-state index in [2.05, 4.69) is 38.7 Å². The van der Waals surface area contributed by atoms with E-state index in [1.165, 1.54) is 11.1 Å². The number of hydrogen-bond donors (Lipinski definition) is 0. The molecular formula is C25H30BNO5. The van der Waals surface area contributed by atoms with Gasteiger partial charge in [0.2, 0.25) is 5.88 Å². The number of nitrogens with zero attached hydrogens (tertiary/aromatic N) is 1. The molecule has 0 unspecified atom stereocenters. The van der Waals surface area contributed by atoms with E-state index in [-0.39, 0.29) is 29.0 Å². The number of esters is 1. The van der Waals surface area contributed by atoms with Gasteiger partial charge in [0.1, 0.15) is 6.61 Å². The first-order chi connectivity index (χ1) is 15.2. The zero-order valence-electron chi connectivity index (χ0n) is 19.4. The zero-order valence-corrected chi connectivity index (χ0v) is 19.4. The van der Waals surface area contributed by atoms with Crippen molar-refractivity contribution in [3.63, 3.8) is 0 Å². The standard InChI is InChI=1S/C25H30BNO5/c1-6-29-23(28)22-18-11-16-12-20(27-13-19(16)21(18)22)30-14-15-8-7-9-17(10-15)26-31-24(2,3)25(4,5)32-26/h7-10,12-13,18,21-22H,6,11,14H2,1-5H3/t18-,21-,22+/m1/s1. The van der Waals surface area contributed by atoms with Gasteiger partial charge in [0, 0.05) is 18.2 Å². The summed E-state index contributed by atoms with van der Waals surface area (Å²) in [5.74, 6) is 1.17. The van der Waals surface area contributed by atoms with Crippen molar-refractivity contribution in [1.82, 2.24) is 4.98 Å². The molecule has 0 spiro atoms. The predicted molar refractivity (Wildman–Crippen MR) is 121 cm³/mol. The van der Waals surface area contributed by atoms with E-state index in [1.807, 2.05) is 37.4 Å². The molecule has 0 N–H and O–H groups in total. The molecule has 0 radical (unpaired) electrons. The monoisotopic (exact) mass is 435 g/mol. The van der Waals surface area contributed by atoms with Crippen molar-refractivity contribution in [3.05, 3.63) is 53.2 Å². The first-order valence-electron chi connectivity index (χ1n) is 11.4. The summed E-state index contributed by atoms with van der Waals surface area (Å²) in [7, 11) is -0.392. The van der Waals surface area contributed by atoms with Crippen molar-refractivity contribution >= 4 is 18.6 Å². The normalized spacial score (nSPS) is 26.4. The summed E-state index contributed by atoms with van der Waals surface area (Å²) in [6, 6.07) is 10.1. The van der Waals surface area contributed by atoms with Crippen molar-refractivity contribution in [3.8, 4) is 5.88 Å². The van der Waals surface area contributed by atoms with E-state index < -0.39 is 7.12 Å². The molecule has 1 saturated carbocycles. The first-order valence-corrected chi connectivity index (χ1v) is 11.4. The highest BCUT2D eigenvalue weighted by Gasteiger charge is 2.60. The predicted octanol–water partition coefficient (Wildman–Crippen LogP) is 3.41.